The van der Waals surface area contributed by atoms with E-state index in [2.05, 4.69) is 30.8 Å². The fourth-order valence-corrected chi connectivity index (χ4v) is 3.32. The number of nitrogens with one attached hydrogen (secondary N) is 2. The molecule has 0 heterocycles. The van der Waals surface area contributed by atoms with Gasteiger partial charge >= 0.3 is 0 Å². The number of sulfonamides is 1. The fraction of sp³-hybridized carbons (Fsp3) is 1.00. The molecule has 19 heavy (non-hydrogen) atoms. The van der Waals surface area contributed by atoms with E-state index in [1.54, 1.807) is 0 Å². The molecule has 1 atom stereocenters. The van der Waals surface area contributed by atoms with E-state index < -0.39 is 10.0 Å². The maximum atomic E-state index is 11.8. The van der Waals surface area contributed by atoms with Crippen LogP contribution in [0.15, 0.2) is 0 Å². The van der Waals surface area contributed by atoms with E-state index >= 15 is 0 Å². The average Bonchev–Trinajstić information content (AvgIpc) is 2.27. The third kappa shape index (κ3) is 12.6. The summed E-state index contributed by atoms with van der Waals surface area (Å²) in [6.45, 7) is 10.2. The lowest BCUT2D eigenvalue weighted by Gasteiger charge is -2.14. The second-order valence-electron chi connectivity index (χ2n) is 5.77. The predicted molar refractivity (Wildman–Crippen MR) is 82.9 cm³/mol. The molecular weight excluding hydrogens is 260 g/mol. The number of hydrogen-bond acceptors (Lipinski definition) is 3. The van der Waals surface area contributed by atoms with Crippen molar-refractivity contribution in [1.82, 2.24) is 10.0 Å². The van der Waals surface area contributed by atoms with E-state index in [1.807, 2.05) is 6.92 Å². The monoisotopic (exact) mass is 292 g/mol. The molecule has 0 rings (SSSR count). The molecule has 0 aromatic rings. The molecule has 0 radical (unpaired) electrons. The van der Waals surface area contributed by atoms with Crippen LogP contribution in [0.4, 0.5) is 0 Å². The minimum atomic E-state index is -3.11. The van der Waals surface area contributed by atoms with Gasteiger partial charge in [-0.25, -0.2) is 13.1 Å². The summed E-state index contributed by atoms with van der Waals surface area (Å²) >= 11 is 0. The molecule has 5 heteroatoms. The van der Waals surface area contributed by atoms with Gasteiger partial charge in [-0.2, -0.15) is 0 Å². The van der Waals surface area contributed by atoms with Crippen molar-refractivity contribution in [1.29, 1.82) is 0 Å². The summed E-state index contributed by atoms with van der Waals surface area (Å²) in [6, 6.07) is 0.0485. The van der Waals surface area contributed by atoms with Crippen molar-refractivity contribution in [2.45, 2.75) is 65.8 Å². The van der Waals surface area contributed by atoms with Crippen molar-refractivity contribution < 1.29 is 8.42 Å². The van der Waals surface area contributed by atoms with E-state index in [-0.39, 0.29) is 11.8 Å². The van der Waals surface area contributed by atoms with Crippen LogP contribution in [-0.2, 0) is 10.0 Å². The van der Waals surface area contributed by atoms with Gasteiger partial charge in [0.15, 0.2) is 0 Å². The Morgan fingerprint density at radius 2 is 1.68 bits per heavy atom. The van der Waals surface area contributed by atoms with Gasteiger partial charge in [-0.05, 0) is 45.2 Å². The quantitative estimate of drug-likeness (QED) is 0.543. The summed E-state index contributed by atoms with van der Waals surface area (Å²) in [5.74, 6) is 0.909. The van der Waals surface area contributed by atoms with Crippen LogP contribution in [0.2, 0.25) is 0 Å². The Hall–Kier alpha value is -0.130. The highest BCUT2D eigenvalue weighted by molar-refractivity contribution is 7.89. The molecule has 0 fully saturated rings. The van der Waals surface area contributed by atoms with E-state index in [0.29, 0.717) is 12.3 Å². The minimum absolute atomic E-state index is 0.0485. The van der Waals surface area contributed by atoms with Gasteiger partial charge in [0.25, 0.3) is 0 Å². The SMILES string of the molecule is CCCNCCCS(=O)(=O)NC(C)CCCC(C)C. The highest BCUT2D eigenvalue weighted by atomic mass is 32.2. The summed E-state index contributed by atoms with van der Waals surface area (Å²) < 4.78 is 26.4. The average molecular weight is 292 g/mol. The summed E-state index contributed by atoms with van der Waals surface area (Å²) in [4.78, 5) is 0. The molecule has 116 valence electrons. The Morgan fingerprint density at radius 1 is 1.00 bits per heavy atom. The fourth-order valence-electron chi connectivity index (χ4n) is 1.95. The lowest BCUT2D eigenvalue weighted by molar-refractivity contribution is 0.487. The standard InChI is InChI=1S/C14H32N2O2S/c1-5-10-15-11-7-12-19(17,18)16-14(4)9-6-8-13(2)3/h13-16H,5-12H2,1-4H3. The van der Waals surface area contributed by atoms with Gasteiger partial charge in [0.1, 0.15) is 0 Å². The largest absolute Gasteiger partial charge is 0.317 e. The van der Waals surface area contributed by atoms with Crippen molar-refractivity contribution in [3.8, 4) is 0 Å². The topological polar surface area (TPSA) is 58.2 Å². The number of rotatable bonds is 12. The Bertz CT molecular complexity index is 303. The molecule has 2 N–H and O–H groups in total. The summed E-state index contributed by atoms with van der Waals surface area (Å²) in [7, 11) is -3.11. The second-order valence-corrected chi connectivity index (χ2v) is 7.64. The zero-order chi connectivity index (χ0) is 14.7. The van der Waals surface area contributed by atoms with Gasteiger partial charge in [-0.3, -0.25) is 0 Å². The molecule has 0 aliphatic heterocycles. The van der Waals surface area contributed by atoms with Gasteiger partial charge in [0, 0.05) is 6.04 Å². The molecule has 0 aliphatic rings. The van der Waals surface area contributed by atoms with Gasteiger partial charge in [0.05, 0.1) is 5.75 Å². The molecule has 0 saturated heterocycles. The smallest absolute Gasteiger partial charge is 0.211 e. The van der Waals surface area contributed by atoms with E-state index in [1.165, 1.54) is 0 Å². The normalized spacial score (nSPS) is 13.9. The van der Waals surface area contributed by atoms with E-state index in [4.69, 9.17) is 0 Å². The van der Waals surface area contributed by atoms with Crippen LogP contribution >= 0.6 is 0 Å². The van der Waals surface area contributed by atoms with Crippen molar-refractivity contribution in [2.75, 3.05) is 18.8 Å². The highest BCUT2D eigenvalue weighted by Crippen LogP contribution is 2.08. The first-order valence-corrected chi connectivity index (χ1v) is 9.23. The molecular formula is C14H32N2O2S. The first-order chi connectivity index (χ1) is 8.87. The molecule has 0 spiro atoms. The highest BCUT2D eigenvalue weighted by Gasteiger charge is 2.13. The molecule has 0 saturated carbocycles. The van der Waals surface area contributed by atoms with Crippen molar-refractivity contribution in [3.63, 3.8) is 0 Å². The first-order valence-electron chi connectivity index (χ1n) is 7.58. The van der Waals surface area contributed by atoms with Gasteiger partial charge in [0.2, 0.25) is 10.0 Å². The van der Waals surface area contributed by atoms with Crippen molar-refractivity contribution in [2.24, 2.45) is 5.92 Å². The predicted octanol–water partition coefficient (Wildman–Crippen LogP) is 2.51. The molecule has 0 bridgehead atoms. The lowest BCUT2D eigenvalue weighted by Crippen LogP contribution is -2.35. The zero-order valence-electron chi connectivity index (χ0n) is 13.0. The van der Waals surface area contributed by atoms with Gasteiger partial charge < -0.3 is 5.32 Å². The molecule has 4 nitrogen and oxygen atoms in total. The Balaban J connectivity index is 3.75. The second kappa shape index (κ2) is 10.6. The van der Waals surface area contributed by atoms with Crippen LogP contribution in [0.25, 0.3) is 0 Å². The molecule has 0 aliphatic carbocycles. The zero-order valence-corrected chi connectivity index (χ0v) is 13.9. The Morgan fingerprint density at radius 3 is 2.26 bits per heavy atom. The van der Waals surface area contributed by atoms with Crippen LogP contribution in [0.3, 0.4) is 0 Å². The summed E-state index contributed by atoms with van der Waals surface area (Å²) in [5, 5.41) is 3.22. The summed E-state index contributed by atoms with van der Waals surface area (Å²) in [6.07, 6.45) is 4.92. The van der Waals surface area contributed by atoms with Crippen molar-refractivity contribution in [3.05, 3.63) is 0 Å². The lowest BCUT2D eigenvalue weighted by atomic mass is 10.0. The Kier molecular flexibility index (Phi) is 10.6. The molecule has 1 unspecified atom stereocenters. The first kappa shape index (κ1) is 18.9. The third-order valence-corrected chi connectivity index (χ3v) is 4.58. The van der Waals surface area contributed by atoms with Crippen molar-refractivity contribution >= 4 is 10.0 Å². The van der Waals surface area contributed by atoms with Gasteiger partial charge in [-0.15, -0.1) is 0 Å². The van der Waals surface area contributed by atoms with Crippen LogP contribution in [-0.4, -0.2) is 33.3 Å². The van der Waals surface area contributed by atoms with E-state index in [9.17, 15) is 8.42 Å². The van der Waals surface area contributed by atoms with Gasteiger partial charge in [-0.1, -0.05) is 33.6 Å². The minimum Gasteiger partial charge on any atom is -0.317 e. The van der Waals surface area contributed by atoms with Crippen LogP contribution < -0.4 is 10.0 Å². The molecule has 0 aromatic carbocycles. The maximum absolute atomic E-state index is 11.8. The number of hydrogen-bond donors (Lipinski definition) is 2. The third-order valence-electron chi connectivity index (χ3n) is 2.99. The van der Waals surface area contributed by atoms with Crippen LogP contribution in [0.5, 0.6) is 0 Å². The van der Waals surface area contributed by atoms with E-state index in [0.717, 1.165) is 38.8 Å². The molecule has 0 amide bonds. The Labute approximate surface area is 119 Å². The molecule has 0 aromatic heterocycles. The maximum Gasteiger partial charge on any atom is 0.211 e. The van der Waals surface area contributed by atoms with Crippen LogP contribution in [0.1, 0.15) is 59.8 Å². The summed E-state index contributed by atoms with van der Waals surface area (Å²) in [5.41, 5.74) is 0. The van der Waals surface area contributed by atoms with Crippen LogP contribution in [0, 0.1) is 5.92 Å².